The van der Waals surface area contributed by atoms with E-state index >= 15 is 0 Å². The third-order valence-corrected chi connectivity index (χ3v) is 13.3. The summed E-state index contributed by atoms with van der Waals surface area (Å²) in [6.07, 6.45) is 10.9. The van der Waals surface area contributed by atoms with Crippen LogP contribution in [0.1, 0.15) is 49.5 Å². The zero-order chi connectivity index (χ0) is 30.2. The minimum Gasteiger partial charge on any atom is -0.345 e. The number of nitrogens with one attached hydrogen (secondary N) is 3. The molecule has 1 saturated carbocycles. The van der Waals surface area contributed by atoms with E-state index in [4.69, 9.17) is 11.8 Å². The summed E-state index contributed by atoms with van der Waals surface area (Å²) in [5.41, 5.74) is -2.26. The molecule has 3 aliphatic rings. The number of carbonyl (C=O) groups excluding carboxylic acids is 1. The van der Waals surface area contributed by atoms with Gasteiger partial charge in [0.2, 0.25) is 26.0 Å². The zero-order valence-corrected chi connectivity index (χ0v) is 24.3. The summed E-state index contributed by atoms with van der Waals surface area (Å²) in [4.78, 5) is 16.4. The van der Waals surface area contributed by atoms with Crippen LogP contribution in [0.25, 0.3) is 0 Å². The molecule has 3 N–H and O–H groups in total. The Hall–Kier alpha value is -3.35. The number of allylic oxidation sites excluding steroid dienone is 2. The molecule has 3 fully saturated rings. The second kappa shape index (κ2) is 11.1. The Labute approximate surface area is 238 Å². The molecule has 15 heteroatoms. The van der Waals surface area contributed by atoms with Crippen LogP contribution in [0.15, 0.2) is 41.8 Å². The number of amides is 1. The number of pyridine rings is 1. The molecular weight excluding hydrogens is 578 g/mol. The van der Waals surface area contributed by atoms with Gasteiger partial charge in [0.25, 0.3) is 5.91 Å². The average molecular weight is 611 g/mol. The molecule has 11 nitrogen and oxygen atoms in total. The van der Waals surface area contributed by atoms with E-state index in [1.165, 1.54) is 18.3 Å². The smallest absolute Gasteiger partial charge is 0.274 e. The van der Waals surface area contributed by atoms with Crippen molar-refractivity contribution in [3.8, 4) is 12.3 Å². The first-order chi connectivity index (χ1) is 19.2. The molecule has 1 amide bonds. The lowest BCUT2D eigenvalue weighted by Gasteiger charge is -2.53. The summed E-state index contributed by atoms with van der Waals surface area (Å²) in [5.74, 6) is 0.257. The Balaban J connectivity index is 1.78. The Morgan fingerprint density at radius 2 is 2.05 bits per heavy atom. The predicted molar refractivity (Wildman–Crippen MR) is 149 cm³/mol. The summed E-state index contributed by atoms with van der Waals surface area (Å²) in [7, 11) is -7.06. The maximum atomic E-state index is 14.9. The van der Waals surface area contributed by atoms with Crippen LogP contribution < -0.4 is 10.6 Å². The van der Waals surface area contributed by atoms with Crippen molar-refractivity contribution in [3.63, 3.8) is 0 Å². The van der Waals surface area contributed by atoms with E-state index in [2.05, 4.69) is 21.5 Å². The Bertz CT molecular complexity index is 1550. The van der Waals surface area contributed by atoms with Crippen LogP contribution in [0.5, 0.6) is 0 Å². The Kier molecular flexibility index (Phi) is 8.32. The highest BCUT2D eigenvalue weighted by molar-refractivity contribution is 7.91. The number of terminal acetylenes is 1. The number of nitrogens with zero attached hydrogens (tertiary/aromatic N) is 3. The Morgan fingerprint density at radius 1 is 1.37 bits per heavy atom. The topological polar surface area (TPSA) is 153 Å². The van der Waals surface area contributed by atoms with Gasteiger partial charge in [0.1, 0.15) is 22.9 Å². The van der Waals surface area contributed by atoms with Gasteiger partial charge < -0.3 is 10.6 Å². The van der Waals surface area contributed by atoms with Gasteiger partial charge in [-0.15, -0.1) is 6.42 Å². The van der Waals surface area contributed by atoms with E-state index in [1.54, 1.807) is 0 Å². The van der Waals surface area contributed by atoms with Crippen LogP contribution in [-0.4, -0.2) is 84.6 Å². The highest BCUT2D eigenvalue weighted by Gasteiger charge is 2.67. The first kappa shape index (κ1) is 30.6. The standard InChI is InChI=1S/C26H32F2N6O5S2/c1-4-7-20(31-23(35)22-11-10-19(28)16-30-22)14-18(15-27)25(2)26(41(38,39)33(3)24(29)32-25)12-13-34(17-26)40(36,37)21-8-5-6-9-21/h1,7,10-11,14,16,21H,5-6,8-9,12-13,15,17H2,2-3H3,(H2,29,32)(H,31,35)/b18-14-,20-7-/t25-,26-/m1/s1. The van der Waals surface area contributed by atoms with Gasteiger partial charge in [-0.1, -0.05) is 18.8 Å². The van der Waals surface area contributed by atoms with Crippen molar-refractivity contribution in [3.05, 3.63) is 53.3 Å². The summed E-state index contributed by atoms with van der Waals surface area (Å²) in [6, 6.07) is 2.17. The maximum Gasteiger partial charge on any atom is 0.274 e. The minimum absolute atomic E-state index is 0.0919. The van der Waals surface area contributed by atoms with Crippen LogP contribution in [0, 0.1) is 23.6 Å². The van der Waals surface area contributed by atoms with Crippen LogP contribution in [0.4, 0.5) is 8.78 Å². The minimum atomic E-state index is -4.41. The van der Waals surface area contributed by atoms with Gasteiger partial charge in [-0.25, -0.2) is 34.9 Å². The molecule has 1 aliphatic carbocycles. The number of rotatable bonds is 7. The molecule has 41 heavy (non-hydrogen) atoms. The van der Waals surface area contributed by atoms with Gasteiger partial charge >= 0.3 is 0 Å². The summed E-state index contributed by atoms with van der Waals surface area (Å²) in [6.45, 7) is -0.372. The van der Waals surface area contributed by atoms with Crippen LogP contribution in [-0.2, 0) is 20.0 Å². The lowest BCUT2D eigenvalue weighted by molar-refractivity contribution is 0.0962. The van der Waals surface area contributed by atoms with Crippen molar-refractivity contribution in [1.29, 1.82) is 5.41 Å². The fourth-order valence-corrected chi connectivity index (χ4v) is 10.2. The molecule has 222 valence electrons. The molecule has 1 aromatic heterocycles. The van der Waals surface area contributed by atoms with Crippen LogP contribution in [0.2, 0.25) is 0 Å². The monoisotopic (exact) mass is 610 g/mol. The Morgan fingerprint density at radius 3 is 2.63 bits per heavy atom. The largest absolute Gasteiger partial charge is 0.345 e. The molecule has 2 atom stereocenters. The summed E-state index contributed by atoms with van der Waals surface area (Å²) >= 11 is 0. The molecule has 0 bridgehead atoms. The first-order valence-corrected chi connectivity index (χ1v) is 15.9. The molecule has 1 spiro atoms. The van der Waals surface area contributed by atoms with E-state index in [0.29, 0.717) is 12.8 Å². The number of hydrogen-bond acceptors (Lipinski definition) is 7. The lowest BCUT2D eigenvalue weighted by atomic mass is 9.77. The maximum absolute atomic E-state index is 14.9. The van der Waals surface area contributed by atoms with E-state index in [9.17, 15) is 30.4 Å². The van der Waals surface area contributed by atoms with Crippen LogP contribution in [0.3, 0.4) is 0 Å². The van der Waals surface area contributed by atoms with E-state index in [0.717, 1.165) is 47.6 Å². The van der Waals surface area contributed by atoms with Gasteiger partial charge in [-0.05, 0) is 50.0 Å². The third-order valence-electron chi connectivity index (χ3n) is 8.30. The lowest BCUT2D eigenvalue weighted by Crippen LogP contribution is -2.76. The highest BCUT2D eigenvalue weighted by Crippen LogP contribution is 2.48. The fourth-order valence-electron chi connectivity index (χ4n) is 5.84. The second-order valence-electron chi connectivity index (χ2n) is 10.5. The van der Waals surface area contributed by atoms with Gasteiger partial charge in [-0.3, -0.25) is 10.2 Å². The quantitative estimate of drug-likeness (QED) is 0.314. The SMILES string of the molecule is C#C/C=C(/C=C(/CF)[C@@]1(C)NC(=N)N(C)S(=O)(=O)[C@@]12CCN(S(=O)(=O)C1CCCC1)C2)NC(=O)c1ccc(F)cn1. The van der Waals surface area contributed by atoms with Gasteiger partial charge in [0, 0.05) is 31.9 Å². The molecule has 0 radical (unpaired) electrons. The van der Waals surface area contributed by atoms with Crippen molar-refractivity contribution in [1.82, 2.24) is 24.2 Å². The van der Waals surface area contributed by atoms with Crippen molar-refractivity contribution >= 4 is 31.9 Å². The number of hydrogen-bond donors (Lipinski definition) is 3. The molecule has 1 aromatic rings. The summed E-state index contributed by atoms with van der Waals surface area (Å²) < 4.78 is 83.1. The first-order valence-electron chi connectivity index (χ1n) is 12.9. The molecule has 0 aromatic carbocycles. The zero-order valence-electron chi connectivity index (χ0n) is 22.7. The predicted octanol–water partition coefficient (Wildman–Crippen LogP) is 1.64. The number of alkyl halides is 1. The molecule has 2 saturated heterocycles. The van der Waals surface area contributed by atoms with Crippen LogP contribution >= 0.6 is 0 Å². The number of aromatic nitrogens is 1. The van der Waals surface area contributed by atoms with Crippen molar-refractivity contribution in [2.75, 3.05) is 26.8 Å². The van der Waals surface area contributed by atoms with Crippen molar-refractivity contribution < 1.29 is 30.4 Å². The van der Waals surface area contributed by atoms with E-state index in [1.807, 2.05) is 0 Å². The molecular formula is C26H32F2N6O5S2. The molecule has 2 aliphatic heterocycles. The number of halogens is 2. The summed E-state index contributed by atoms with van der Waals surface area (Å²) in [5, 5.41) is 13.0. The number of guanidine groups is 1. The highest BCUT2D eigenvalue weighted by atomic mass is 32.2. The van der Waals surface area contributed by atoms with Gasteiger partial charge in [-0.2, -0.15) is 4.31 Å². The number of carbonyl (C=O) groups is 1. The fraction of sp³-hybridized carbons (Fsp3) is 0.500. The van der Waals surface area contributed by atoms with E-state index < -0.39 is 66.5 Å². The van der Waals surface area contributed by atoms with Crippen molar-refractivity contribution in [2.24, 2.45) is 0 Å². The molecule has 0 unspecified atom stereocenters. The third kappa shape index (κ3) is 5.13. The van der Waals surface area contributed by atoms with Gasteiger partial charge in [0.05, 0.1) is 17.0 Å². The van der Waals surface area contributed by atoms with Crippen molar-refractivity contribution in [2.45, 2.75) is 54.6 Å². The van der Waals surface area contributed by atoms with Gasteiger partial charge in [0.15, 0.2) is 0 Å². The second-order valence-corrected chi connectivity index (χ2v) is 15.0. The molecule has 4 rings (SSSR count). The molecule has 3 heterocycles. The normalized spacial score (nSPS) is 27.6. The number of sulfonamides is 2. The van der Waals surface area contributed by atoms with E-state index in [-0.39, 0.29) is 29.9 Å². The average Bonchev–Trinajstić information content (AvgIpc) is 3.63.